The third kappa shape index (κ3) is 28.7. The summed E-state index contributed by atoms with van der Waals surface area (Å²) >= 11 is 0. The van der Waals surface area contributed by atoms with Crippen LogP contribution in [-0.2, 0) is 42.8 Å². The SMILES string of the molecule is CCCCCCCCCCCCCCCCCC(=O)N[C@@H](CO[C@@H]1O[C@H](CO)[C@@H](O[C@@H]2O[C@H](CO)[C@H](O)[C@H](OC3(C(=O)[O-])C[C@H](O)[C@@H](NC(C)=O)[C@H](C(O)[C@H](O)CO)O3)[C@H]2O)[C@H](O)[C@H]1O)[C@H](O)/C=C(/c1ccccc1)N(CCCCCCCC)CCCCCCCC.[Na+]. The minimum absolute atomic E-state index is 0. The Kier molecular flexibility index (Phi) is 43.2. The molecule has 0 aliphatic carbocycles. The van der Waals surface area contributed by atoms with Crippen LogP contribution in [-0.4, -0.2) is 228 Å². The summed E-state index contributed by atoms with van der Waals surface area (Å²) in [6, 6.07) is 6.98. The van der Waals surface area contributed by atoms with Crippen LogP contribution in [0.2, 0.25) is 0 Å². The van der Waals surface area contributed by atoms with Crippen LogP contribution in [0.15, 0.2) is 36.4 Å². The molecule has 3 aliphatic heterocycles. The molecule has 3 aliphatic rings. The summed E-state index contributed by atoms with van der Waals surface area (Å²) in [6.07, 6.45) is 2.06. The number of carbonyl (C=O) groups is 3. The Balaban J connectivity index is 0.0000226. The van der Waals surface area contributed by atoms with E-state index in [1.807, 2.05) is 30.3 Å². The maximum absolute atomic E-state index is 14.0. The fourth-order valence-corrected chi connectivity index (χ4v) is 12.4. The van der Waals surface area contributed by atoms with Gasteiger partial charge in [0.1, 0.15) is 73.1 Å². The molecule has 3 heterocycles. The zero-order valence-electron chi connectivity index (χ0n) is 56.5. The summed E-state index contributed by atoms with van der Waals surface area (Å²) in [5.41, 5.74) is 1.64. The van der Waals surface area contributed by atoms with Gasteiger partial charge in [0.25, 0.3) is 0 Å². The summed E-state index contributed by atoms with van der Waals surface area (Å²) in [7, 11) is 0. The second kappa shape index (κ2) is 47.5. The molecular formula is C68H118N3NaO21. The average Bonchev–Trinajstić information content (AvgIpc) is 0.793. The molecule has 3 saturated heterocycles. The van der Waals surface area contributed by atoms with E-state index < -0.39 is 155 Å². The molecule has 3 fully saturated rings. The third-order valence-corrected chi connectivity index (χ3v) is 17.9. The number of rotatable bonds is 49. The number of nitrogens with one attached hydrogen (secondary N) is 2. The predicted octanol–water partition coefficient (Wildman–Crippen LogP) is 0.641. The van der Waals surface area contributed by atoms with Crippen molar-refractivity contribution < 1.29 is 134 Å². The smallest absolute Gasteiger partial charge is 0.544 e. The largest absolute Gasteiger partial charge is 1.00 e. The Morgan fingerprint density at radius 1 is 0.656 bits per heavy atom. The number of carboxylic acid groups (broad SMARTS) is 1. The molecule has 25 heteroatoms. The van der Waals surface area contributed by atoms with Crippen LogP contribution < -0.4 is 45.3 Å². The first-order valence-electron chi connectivity index (χ1n) is 34.8. The van der Waals surface area contributed by atoms with E-state index in [4.69, 9.17) is 28.4 Å². The van der Waals surface area contributed by atoms with Crippen LogP contribution in [0, 0.1) is 0 Å². The molecule has 0 saturated carbocycles. The number of unbranched alkanes of at least 4 members (excludes halogenated alkanes) is 24. The summed E-state index contributed by atoms with van der Waals surface area (Å²) in [4.78, 5) is 41.4. The number of carbonyl (C=O) groups excluding carboxylic acids is 3. The van der Waals surface area contributed by atoms with Gasteiger partial charge in [0.2, 0.25) is 17.6 Å². The Hall–Kier alpha value is -2.51. The summed E-state index contributed by atoms with van der Waals surface area (Å²) < 4.78 is 35.2. The molecular weight excluding hydrogens is 1220 g/mol. The van der Waals surface area contributed by atoms with Gasteiger partial charge in [-0.1, -0.05) is 205 Å². The van der Waals surface area contributed by atoms with Gasteiger partial charge in [-0.25, -0.2) is 0 Å². The first kappa shape index (κ1) is 84.7. The standard InChI is InChI=1S/C68H119N3O21.Na/c1-5-8-11-14-17-18-19-20-21-22-23-24-25-26-32-37-55(79)70-48(50(76)40-49(47-35-30-29-31-36-47)71(38-33-27-15-12-9-6-2)39-34-28-16-13-10-7-3)45-87-65-60(83)59(82)62(54(44-74)89-65)90-66-61(84)64(58(81)53(43-73)88-66)92-68(67(85)86)41-51(77)56(69-46(4)75)63(91-68)57(80)52(78)42-72;/h29-31,35-36,40,48,50-54,56-66,72-74,76-78,80-84H,5-28,32-34,37-39,41-45H2,1-4H3,(H,69,75)(H,70,79)(H,85,86);/q;+1/p-1/b49-40-;/t48-,50+,51-,52+,53+,54+,56+,57?,58-,59+,60+,61+,62+,63+,64-,65+,66-,68?;/m0./s1. The normalized spacial score (nSPS) is 28.0. The molecule has 2 amide bonds. The zero-order valence-corrected chi connectivity index (χ0v) is 58.5. The van der Waals surface area contributed by atoms with E-state index in [2.05, 4.69) is 36.3 Å². The minimum Gasteiger partial charge on any atom is -0.544 e. The number of benzene rings is 1. The van der Waals surface area contributed by atoms with Crippen molar-refractivity contribution in [1.82, 2.24) is 15.5 Å². The van der Waals surface area contributed by atoms with Crippen LogP contribution in [0.4, 0.5) is 0 Å². The Labute approximate surface area is 574 Å². The molecule has 2 unspecified atom stereocenters. The molecule has 93 heavy (non-hydrogen) atoms. The first-order valence-corrected chi connectivity index (χ1v) is 34.8. The third-order valence-electron chi connectivity index (χ3n) is 17.9. The van der Waals surface area contributed by atoms with Crippen LogP contribution >= 0.6 is 0 Å². The van der Waals surface area contributed by atoms with Gasteiger partial charge in [-0.2, -0.15) is 0 Å². The van der Waals surface area contributed by atoms with Crippen molar-refractivity contribution in [3.63, 3.8) is 0 Å². The van der Waals surface area contributed by atoms with Crippen molar-refractivity contribution in [2.24, 2.45) is 0 Å². The molecule has 18 atom stereocenters. The number of aliphatic hydroxyl groups excluding tert-OH is 11. The molecule has 1 aromatic rings. The van der Waals surface area contributed by atoms with Gasteiger partial charge in [0, 0.05) is 38.6 Å². The number of hydrogen-bond donors (Lipinski definition) is 13. The Morgan fingerprint density at radius 3 is 1.63 bits per heavy atom. The van der Waals surface area contributed by atoms with Gasteiger partial charge in [0.05, 0.1) is 50.7 Å². The summed E-state index contributed by atoms with van der Waals surface area (Å²) in [5.74, 6) is -6.56. The molecule has 1 aromatic carbocycles. The second-order valence-electron chi connectivity index (χ2n) is 25.6. The second-order valence-corrected chi connectivity index (χ2v) is 25.6. The fourth-order valence-electron chi connectivity index (χ4n) is 12.4. The molecule has 532 valence electrons. The van der Waals surface area contributed by atoms with Gasteiger partial charge < -0.3 is 110 Å². The molecule has 0 aromatic heterocycles. The van der Waals surface area contributed by atoms with E-state index >= 15 is 0 Å². The number of carboxylic acids is 1. The molecule has 0 spiro atoms. The number of ether oxygens (including phenoxy) is 6. The number of hydrogen-bond acceptors (Lipinski definition) is 22. The van der Waals surface area contributed by atoms with Crippen molar-refractivity contribution >= 4 is 23.5 Å². The van der Waals surface area contributed by atoms with Crippen molar-refractivity contribution in [3.8, 4) is 0 Å². The number of nitrogens with zero attached hydrogens (tertiary/aromatic N) is 1. The van der Waals surface area contributed by atoms with Crippen molar-refractivity contribution in [2.45, 2.75) is 324 Å². The maximum Gasteiger partial charge on any atom is 1.00 e. The monoisotopic (exact) mass is 1340 g/mol. The van der Waals surface area contributed by atoms with E-state index in [-0.39, 0.29) is 41.9 Å². The van der Waals surface area contributed by atoms with E-state index in [0.717, 1.165) is 121 Å². The van der Waals surface area contributed by atoms with Crippen LogP contribution in [0.5, 0.6) is 0 Å². The minimum atomic E-state index is -3.21. The average molecular weight is 1340 g/mol. The summed E-state index contributed by atoms with van der Waals surface area (Å²) in [6.45, 7) is 5.59. The zero-order chi connectivity index (χ0) is 67.4. The van der Waals surface area contributed by atoms with E-state index in [0.29, 0.717) is 6.42 Å². The number of aliphatic hydroxyl groups is 11. The Morgan fingerprint density at radius 2 is 1.15 bits per heavy atom. The van der Waals surface area contributed by atoms with Crippen molar-refractivity contribution in [2.75, 3.05) is 39.5 Å². The van der Waals surface area contributed by atoms with E-state index in [1.165, 1.54) is 77.0 Å². The topological polar surface area (TPSA) is 379 Å². The van der Waals surface area contributed by atoms with E-state index in [1.54, 1.807) is 6.08 Å². The van der Waals surface area contributed by atoms with Gasteiger partial charge in [-0.3, -0.25) is 9.59 Å². The Bertz CT molecular complexity index is 2160. The molecule has 0 radical (unpaired) electrons. The van der Waals surface area contributed by atoms with Gasteiger partial charge >= 0.3 is 29.6 Å². The summed E-state index contributed by atoms with van der Waals surface area (Å²) in [5, 5.41) is 141. The predicted molar refractivity (Wildman–Crippen MR) is 341 cm³/mol. The van der Waals surface area contributed by atoms with Crippen LogP contribution in [0.1, 0.15) is 219 Å². The number of amides is 2. The number of aliphatic carboxylic acids is 1. The van der Waals surface area contributed by atoms with Crippen molar-refractivity contribution in [3.05, 3.63) is 42.0 Å². The molecule has 24 nitrogen and oxygen atoms in total. The maximum atomic E-state index is 14.0. The quantitative estimate of drug-likeness (QED) is 0.0314. The van der Waals surface area contributed by atoms with Gasteiger partial charge in [-0.05, 0) is 30.9 Å². The van der Waals surface area contributed by atoms with Crippen LogP contribution in [0.25, 0.3) is 5.70 Å². The van der Waals surface area contributed by atoms with Gasteiger partial charge in [0.15, 0.2) is 12.6 Å². The van der Waals surface area contributed by atoms with Crippen LogP contribution in [0.3, 0.4) is 0 Å². The van der Waals surface area contributed by atoms with E-state index in [9.17, 15) is 75.7 Å². The van der Waals surface area contributed by atoms with Gasteiger partial charge in [-0.15, -0.1) is 0 Å². The molecule has 13 N–H and O–H groups in total. The van der Waals surface area contributed by atoms with Crippen molar-refractivity contribution in [1.29, 1.82) is 0 Å². The first-order chi connectivity index (χ1) is 44.3. The molecule has 0 bridgehead atoms. The molecule has 4 rings (SSSR count). The fraction of sp³-hybridized carbons (Fsp3) is 0.838.